The number of carbonyl (C=O) groups excluding carboxylic acids is 2. The van der Waals surface area contributed by atoms with Crippen LogP contribution in [0.3, 0.4) is 0 Å². The summed E-state index contributed by atoms with van der Waals surface area (Å²) in [5, 5.41) is 1.67. The maximum absolute atomic E-state index is 11.3. The molecule has 62 valence electrons. The Morgan fingerprint density at radius 3 is 2.50 bits per heavy atom. The largest absolute Gasteiger partial charge is 0.290 e. The predicted molar refractivity (Wildman–Crippen MR) is 41.7 cm³/mol. The molecule has 0 spiro atoms. The molecule has 1 saturated heterocycles. The van der Waals surface area contributed by atoms with Crippen LogP contribution in [0.1, 0.15) is 6.92 Å². The van der Waals surface area contributed by atoms with Crippen molar-refractivity contribution in [2.24, 2.45) is 0 Å². The summed E-state index contributed by atoms with van der Waals surface area (Å²) in [6, 6.07) is 0. The van der Waals surface area contributed by atoms with Crippen molar-refractivity contribution >= 4 is 11.6 Å². The SMILES string of the molecule is CC1=C(N2CN2)C(=O)C=CC1=O. The van der Waals surface area contributed by atoms with Crippen molar-refractivity contribution in [2.45, 2.75) is 6.92 Å². The fourth-order valence-corrected chi connectivity index (χ4v) is 1.19. The summed E-state index contributed by atoms with van der Waals surface area (Å²) in [5.41, 5.74) is 3.86. The lowest BCUT2D eigenvalue weighted by Crippen LogP contribution is -2.19. The van der Waals surface area contributed by atoms with Gasteiger partial charge in [0.25, 0.3) is 0 Å². The van der Waals surface area contributed by atoms with Gasteiger partial charge >= 0.3 is 0 Å². The molecule has 0 aromatic rings. The van der Waals surface area contributed by atoms with Gasteiger partial charge < -0.3 is 0 Å². The van der Waals surface area contributed by atoms with E-state index in [9.17, 15) is 9.59 Å². The fourth-order valence-electron chi connectivity index (χ4n) is 1.19. The van der Waals surface area contributed by atoms with Crippen LogP contribution in [0.5, 0.6) is 0 Å². The highest BCUT2D eigenvalue weighted by Crippen LogP contribution is 2.19. The number of nitrogens with zero attached hydrogens (tertiary/aromatic N) is 1. The van der Waals surface area contributed by atoms with E-state index < -0.39 is 0 Å². The minimum atomic E-state index is -0.0999. The third-order valence-corrected chi connectivity index (χ3v) is 1.93. The number of nitrogens with one attached hydrogen (secondary N) is 1. The number of allylic oxidation sites excluding steroid dienone is 3. The Balaban J connectivity index is 2.41. The van der Waals surface area contributed by atoms with Crippen molar-refractivity contribution in [2.75, 3.05) is 6.67 Å². The van der Waals surface area contributed by atoms with Crippen LogP contribution in [0.2, 0.25) is 0 Å². The van der Waals surface area contributed by atoms with Gasteiger partial charge in [-0.2, -0.15) is 0 Å². The van der Waals surface area contributed by atoms with Gasteiger partial charge in [-0.15, -0.1) is 0 Å². The monoisotopic (exact) mass is 164 g/mol. The first kappa shape index (κ1) is 7.24. The van der Waals surface area contributed by atoms with Crippen LogP contribution in [0.4, 0.5) is 0 Å². The molecule has 12 heavy (non-hydrogen) atoms. The van der Waals surface area contributed by atoms with E-state index in [2.05, 4.69) is 5.43 Å². The summed E-state index contributed by atoms with van der Waals surface area (Å²) in [5.74, 6) is -0.185. The molecule has 0 aromatic heterocycles. The van der Waals surface area contributed by atoms with Crippen molar-refractivity contribution in [3.63, 3.8) is 0 Å². The standard InChI is InChI=1S/C8H8N2O2/c1-5-6(11)2-3-7(12)8(5)10-4-9-10/h2-3,9H,4H2,1H3. The summed E-state index contributed by atoms with van der Waals surface area (Å²) in [4.78, 5) is 22.4. The van der Waals surface area contributed by atoms with Crippen LogP contribution >= 0.6 is 0 Å². The average molecular weight is 164 g/mol. The summed E-state index contributed by atoms with van der Waals surface area (Å²) in [7, 11) is 0. The predicted octanol–water partition coefficient (Wildman–Crippen LogP) is -0.254. The van der Waals surface area contributed by atoms with Gasteiger partial charge in [-0.05, 0) is 19.1 Å². The molecule has 0 saturated carbocycles. The number of ketones is 2. The van der Waals surface area contributed by atoms with Crippen LogP contribution in [0, 0.1) is 0 Å². The van der Waals surface area contributed by atoms with Crippen molar-refractivity contribution in [1.29, 1.82) is 0 Å². The quantitative estimate of drug-likeness (QED) is 0.428. The van der Waals surface area contributed by atoms with Gasteiger partial charge in [0.2, 0.25) is 5.78 Å². The zero-order valence-corrected chi connectivity index (χ0v) is 6.63. The zero-order chi connectivity index (χ0) is 8.72. The molecule has 0 radical (unpaired) electrons. The lowest BCUT2D eigenvalue weighted by atomic mass is 10.0. The molecule has 1 aliphatic carbocycles. The Morgan fingerprint density at radius 1 is 1.33 bits per heavy atom. The molecule has 0 aromatic carbocycles. The first-order chi connectivity index (χ1) is 5.70. The van der Waals surface area contributed by atoms with Crippen LogP contribution in [-0.4, -0.2) is 23.2 Å². The second-order valence-electron chi connectivity index (χ2n) is 2.78. The normalized spacial score (nSPS) is 22.2. The maximum atomic E-state index is 11.3. The lowest BCUT2D eigenvalue weighted by Gasteiger charge is -2.10. The van der Waals surface area contributed by atoms with Crippen molar-refractivity contribution in [3.8, 4) is 0 Å². The highest BCUT2D eigenvalue weighted by atomic mass is 16.1. The summed E-state index contributed by atoms with van der Waals surface area (Å²) in [6.07, 6.45) is 2.62. The summed E-state index contributed by atoms with van der Waals surface area (Å²) < 4.78 is 0. The van der Waals surface area contributed by atoms with Crippen LogP contribution < -0.4 is 5.43 Å². The third kappa shape index (κ3) is 0.967. The van der Waals surface area contributed by atoms with E-state index in [1.54, 1.807) is 11.9 Å². The molecule has 1 aliphatic heterocycles. The first-order valence-electron chi connectivity index (χ1n) is 3.69. The van der Waals surface area contributed by atoms with E-state index in [1.807, 2.05) is 0 Å². The Morgan fingerprint density at radius 2 is 1.92 bits per heavy atom. The molecule has 2 rings (SSSR count). The van der Waals surface area contributed by atoms with Gasteiger partial charge in [0, 0.05) is 5.57 Å². The van der Waals surface area contributed by atoms with E-state index in [0.29, 0.717) is 17.9 Å². The molecule has 1 N–H and O–H groups in total. The average Bonchev–Trinajstić information content (AvgIpc) is 2.81. The fraction of sp³-hybridized carbons (Fsp3) is 0.250. The molecule has 2 aliphatic rings. The second kappa shape index (κ2) is 2.28. The smallest absolute Gasteiger partial charge is 0.203 e. The molecule has 0 atom stereocenters. The molecule has 0 bridgehead atoms. The van der Waals surface area contributed by atoms with Gasteiger partial charge in [0.05, 0.1) is 0 Å². The summed E-state index contributed by atoms with van der Waals surface area (Å²) in [6.45, 7) is 2.32. The van der Waals surface area contributed by atoms with Crippen LogP contribution in [-0.2, 0) is 9.59 Å². The van der Waals surface area contributed by atoms with Crippen LogP contribution in [0.15, 0.2) is 23.4 Å². The molecule has 0 amide bonds. The second-order valence-corrected chi connectivity index (χ2v) is 2.78. The molecular formula is C8H8N2O2. The van der Waals surface area contributed by atoms with E-state index in [4.69, 9.17) is 0 Å². The Labute approximate surface area is 69.5 Å². The molecular weight excluding hydrogens is 156 g/mol. The highest BCUT2D eigenvalue weighted by molar-refractivity contribution is 6.19. The van der Waals surface area contributed by atoms with Crippen molar-refractivity contribution in [3.05, 3.63) is 23.4 Å². The van der Waals surface area contributed by atoms with Gasteiger partial charge in [0.1, 0.15) is 12.4 Å². The van der Waals surface area contributed by atoms with Gasteiger partial charge in [0.15, 0.2) is 5.78 Å². The summed E-state index contributed by atoms with van der Waals surface area (Å²) >= 11 is 0. The van der Waals surface area contributed by atoms with Crippen LogP contribution in [0.25, 0.3) is 0 Å². The van der Waals surface area contributed by atoms with Crippen molar-refractivity contribution < 1.29 is 9.59 Å². The molecule has 4 nitrogen and oxygen atoms in total. The number of rotatable bonds is 1. The maximum Gasteiger partial charge on any atom is 0.203 e. The van der Waals surface area contributed by atoms with E-state index >= 15 is 0 Å². The highest BCUT2D eigenvalue weighted by Gasteiger charge is 2.30. The number of hydrazine groups is 1. The minimum absolute atomic E-state index is 0.0849. The molecule has 1 heterocycles. The van der Waals surface area contributed by atoms with E-state index in [-0.39, 0.29) is 11.6 Å². The third-order valence-electron chi connectivity index (χ3n) is 1.93. The van der Waals surface area contributed by atoms with E-state index in [0.717, 1.165) is 0 Å². The Kier molecular flexibility index (Phi) is 1.38. The van der Waals surface area contributed by atoms with Gasteiger partial charge in [-0.25, -0.2) is 5.43 Å². The Bertz CT molecular complexity index is 324. The van der Waals surface area contributed by atoms with E-state index in [1.165, 1.54) is 12.2 Å². The van der Waals surface area contributed by atoms with Crippen molar-refractivity contribution in [1.82, 2.24) is 10.4 Å². The number of carbonyl (C=O) groups is 2. The van der Waals surface area contributed by atoms with Gasteiger partial charge in [-0.1, -0.05) is 0 Å². The molecule has 4 heteroatoms. The minimum Gasteiger partial charge on any atom is -0.290 e. The topological polar surface area (TPSA) is 59.1 Å². The van der Waals surface area contributed by atoms with Gasteiger partial charge in [-0.3, -0.25) is 14.6 Å². The number of hydrogen-bond donors (Lipinski definition) is 1. The molecule has 1 fully saturated rings. The Hall–Kier alpha value is -1.42. The number of hydrogen-bond acceptors (Lipinski definition) is 4. The first-order valence-corrected chi connectivity index (χ1v) is 3.69. The molecule has 0 unspecified atom stereocenters. The lowest BCUT2D eigenvalue weighted by molar-refractivity contribution is -0.115. The zero-order valence-electron chi connectivity index (χ0n) is 6.63.